The summed E-state index contributed by atoms with van der Waals surface area (Å²) in [5.41, 5.74) is 11.3. The Bertz CT molecular complexity index is 647. The second-order valence-electron chi connectivity index (χ2n) is 3.65. The Morgan fingerprint density at radius 1 is 1.21 bits per heavy atom. The van der Waals surface area contributed by atoms with Gasteiger partial charge in [-0.2, -0.15) is 0 Å². The normalized spacial score (nSPS) is 10.2. The van der Waals surface area contributed by atoms with Gasteiger partial charge in [-0.15, -0.1) is 0 Å². The van der Waals surface area contributed by atoms with Crippen LogP contribution in [0, 0.1) is 0 Å². The molecule has 4 N–H and O–H groups in total. The first-order valence-corrected chi connectivity index (χ1v) is 5.91. The molecule has 0 bridgehead atoms. The third kappa shape index (κ3) is 3.07. The number of ether oxygens (including phenoxy) is 1. The summed E-state index contributed by atoms with van der Waals surface area (Å²) in [6.45, 7) is 0. The number of hydrogen-bond acceptors (Lipinski definition) is 4. The lowest BCUT2D eigenvalue weighted by atomic mass is 10.3. The predicted molar refractivity (Wildman–Crippen MR) is 73.7 cm³/mol. The van der Waals surface area contributed by atoms with Gasteiger partial charge in [0.2, 0.25) is 0 Å². The number of primary amides is 1. The third-order valence-corrected chi connectivity index (χ3v) is 2.99. The molecule has 2 rings (SSSR count). The van der Waals surface area contributed by atoms with Crippen LogP contribution >= 0.6 is 23.2 Å². The molecule has 2 aromatic rings. The Hall–Kier alpha value is -1.98. The summed E-state index contributed by atoms with van der Waals surface area (Å²) in [7, 11) is 0. The number of pyridine rings is 1. The molecule has 0 unspecified atom stereocenters. The van der Waals surface area contributed by atoms with Crippen LogP contribution in [0.5, 0.6) is 11.5 Å². The van der Waals surface area contributed by atoms with Gasteiger partial charge in [0.15, 0.2) is 5.75 Å². The number of aromatic nitrogens is 1. The van der Waals surface area contributed by atoms with Crippen molar-refractivity contribution in [2.24, 2.45) is 5.73 Å². The van der Waals surface area contributed by atoms with Gasteiger partial charge in [-0.1, -0.05) is 23.2 Å². The van der Waals surface area contributed by atoms with Crippen LogP contribution < -0.4 is 16.2 Å². The smallest absolute Gasteiger partial charge is 0.267 e. The van der Waals surface area contributed by atoms with Gasteiger partial charge in [0.1, 0.15) is 11.4 Å². The molecule has 0 aliphatic rings. The topological polar surface area (TPSA) is 91.2 Å². The highest BCUT2D eigenvalue weighted by Crippen LogP contribution is 2.34. The number of anilines is 1. The molecule has 1 aromatic heterocycles. The van der Waals surface area contributed by atoms with Gasteiger partial charge in [-0.05, 0) is 12.1 Å². The van der Waals surface area contributed by atoms with E-state index in [1.165, 1.54) is 24.4 Å². The molecule has 1 amide bonds. The van der Waals surface area contributed by atoms with Crippen molar-refractivity contribution in [1.29, 1.82) is 0 Å². The van der Waals surface area contributed by atoms with Crippen LogP contribution in [0.4, 0.5) is 5.69 Å². The highest BCUT2D eigenvalue weighted by Gasteiger charge is 2.09. The SMILES string of the molecule is NC(=O)c1cc(Oc2cc(Cl)c(Cl)cc2N)ccn1. The zero-order valence-corrected chi connectivity index (χ0v) is 11.1. The standard InChI is InChI=1S/C12H9Cl2N3O2/c13-7-4-9(15)11(5-8(7)14)19-6-1-2-17-10(3-6)12(16)18/h1-5H,15H2,(H2,16,18). The number of carbonyl (C=O) groups is 1. The molecule has 19 heavy (non-hydrogen) atoms. The maximum Gasteiger partial charge on any atom is 0.267 e. The van der Waals surface area contributed by atoms with E-state index in [4.69, 9.17) is 39.4 Å². The second-order valence-corrected chi connectivity index (χ2v) is 4.46. The Labute approximate surface area is 119 Å². The fourth-order valence-electron chi connectivity index (χ4n) is 1.37. The van der Waals surface area contributed by atoms with Crippen LogP contribution in [0.25, 0.3) is 0 Å². The molecular weight excluding hydrogens is 289 g/mol. The monoisotopic (exact) mass is 297 g/mol. The van der Waals surface area contributed by atoms with E-state index in [9.17, 15) is 4.79 Å². The highest BCUT2D eigenvalue weighted by molar-refractivity contribution is 6.42. The number of rotatable bonds is 3. The van der Waals surface area contributed by atoms with E-state index >= 15 is 0 Å². The largest absolute Gasteiger partial charge is 0.455 e. The lowest BCUT2D eigenvalue weighted by Crippen LogP contribution is -2.12. The molecule has 0 aliphatic carbocycles. The Morgan fingerprint density at radius 3 is 2.58 bits per heavy atom. The van der Waals surface area contributed by atoms with Crippen molar-refractivity contribution in [1.82, 2.24) is 4.98 Å². The Balaban J connectivity index is 2.33. The van der Waals surface area contributed by atoms with E-state index in [0.29, 0.717) is 27.2 Å². The molecule has 0 aliphatic heterocycles. The number of nitrogens with zero attached hydrogens (tertiary/aromatic N) is 1. The van der Waals surface area contributed by atoms with Crippen LogP contribution in [0.15, 0.2) is 30.5 Å². The maximum absolute atomic E-state index is 11.0. The summed E-state index contributed by atoms with van der Waals surface area (Å²) in [6.07, 6.45) is 1.41. The van der Waals surface area contributed by atoms with E-state index in [0.717, 1.165) is 0 Å². The summed E-state index contributed by atoms with van der Waals surface area (Å²) in [5.74, 6) is 0.0532. The van der Waals surface area contributed by atoms with Gasteiger partial charge in [0.25, 0.3) is 5.91 Å². The van der Waals surface area contributed by atoms with Crippen LogP contribution in [-0.4, -0.2) is 10.9 Å². The predicted octanol–water partition coefficient (Wildman–Crippen LogP) is 2.86. The van der Waals surface area contributed by atoms with E-state index in [2.05, 4.69) is 4.98 Å². The van der Waals surface area contributed by atoms with Crippen molar-refractivity contribution < 1.29 is 9.53 Å². The third-order valence-electron chi connectivity index (χ3n) is 2.26. The number of halogens is 2. The minimum absolute atomic E-state index is 0.0936. The van der Waals surface area contributed by atoms with Gasteiger partial charge in [-0.3, -0.25) is 9.78 Å². The van der Waals surface area contributed by atoms with E-state index < -0.39 is 5.91 Å². The molecule has 5 nitrogen and oxygen atoms in total. The number of nitrogen functional groups attached to an aromatic ring is 1. The van der Waals surface area contributed by atoms with Gasteiger partial charge >= 0.3 is 0 Å². The average molecular weight is 298 g/mol. The van der Waals surface area contributed by atoms with Crippen LogP contribution in [0.3, 0.4) is 0 Å². The molecule has 1 heterocycles. The summed E-state index contributed by atoms with van der Waals surface area (Å²) in [5, 5.41) is 0.647. The van der Waals surface area contributed by atoms with Gasteiger partial charge in [0.05, 0.1) is 15.7 Å². The van der Waals surface area contributed by atoms with Crippen molar-refractivity contribution in [3.05, 3.63) is 46.2 Å². The van der Waals surface area contributed by atoms with Crippen LogP contribution in [0.1, 0.15) is 10.5 Å². The van der Waals surface area contributed by atoms with Crippen molar-refractivity contribution in [3.63, 3.8) is 0 Å². The fraction of sp³-hybridized carbons (Fsp3) is 0. The minimum atomic E-state index is -0.646. The average Bonchev–Trinajstić information content (AvgIpc) is 2.36. The molecule has 0 radical (unpaired) electrons. The molecule has 1 aromatic carbocycles. The number of amides is 1. The molecule has 7 heteroatoms. The number of hydrogen-bond donors (Lipinski definition) is 2. The molecular formula is C12H9Cl2N3O2. The molecule has 0 saturated heterocycles. The molecule has 0 spiro atoms. The molecule has 0 fully saturated rings. The molecule has 98 valence electrons. The number of benzene rings is 1. The van der Waals surface area contributed by atoms with Gasteiger partial charge in [-0.25, -0.2) is 0 Å². The van der Waals surface area contributed by atoms with Crippen LogP contribution in [0.2, 0.25) is 10.0 Å². The van der Waals surface area contributed by atoms with E-state index in [1.807, 2.05) is 0 Å². The van der Waals surface area contributed by atoms with Gasteiger partial charge < -0.3 is 16.2 Å². The van der Waals surface area contributed by atoms with E-state index in [-0.39, 0.29) is 5.69 Å². The maximum atomic E-state index is 11.0. The lowest BCUT2D eigenvalue weighted by molar-refractivity contribution is 0.0995. The Kier molecular flexibility index (Phi) is 3.78. The molecule has 0 atom stereocenters. The first-order valence-electron chi connectivity index (χ1n) is 5.15. The van der Waals surface area contributed by atoms with Crippen molar-refractivity contribution in [2.45, 2.75) is 0 Å². The summed E-state index contributed by atoms with van der Waals surface area (Å²) >= 11 is 11.7. The van der Waals surface area contributed by atoms with Crippen molar-refractivity contribution >= 4 is 34.8 Å². The summed E-state index contributed by atoms with van der Waals surface area (Å²) < 4.78 is 5.52. The number of nitrogens with two attached hydrogens (primary N) is 2. The summed E-state index contributed by atoms with van der Waals surface area (Å²) in [4.78, 5) is 14.8. The van der Waals surface area contributed by atoms with Crippen LogP contribution in [-0.2, 0) is 0 Å². The zero-order chi connectivity index (χ0) is 14.0. The summed E-state index contributed by atoms with van der Waals surface area (Å²) in [6, 6.07) is 5.94. The van der Waals surface area contributed by atoms with E-state index in [1.54, 1.807) is 6.07 Å². The zero-order valence-electron chi connectivity index (χ0n) is 9.56. The van der Waals surface area contributed by atoms with Gasteiger partial charge in [0, 0.05) is 18.3 Å². The highest BCUT2D eigenvalue weighted by atomic mass is 35.5. The van der Waals surface area contributed by atoms with Crippen molar-refractivity contribution in [2.75, 3.05) is 5.73 Å². The second kappa shape index (κ2) is 5.34. The Morgan fingerprint density at radius 2 is 1.89 bits per heavy atom. The minimum Gasteiger partial charge on any atom is -0.455 e. The lowest BCUT2D eigenvalue weighted by Gasteiger charge is -2.10. The first kappa shape index (κ1) is 13.5. The fourth-order valence-corrected chi connectivity index (χ4v) is 1.69. The first-order chi connectivity index (χ1) is 8.97. The molecule has 0 saturated carbocycles. The van der Waals surface area contributed by atoms with Crippen molar-refractivity contribution in [3.8, 4) is 11.5 Å². The number of carbonyl (C=O) groups excluding carboxylic acids is 1. The quantitative estimate of drug-likeness (QED) is 0.852.